The lowest BCUT2D eigenvalue weighted by Crippen LogP contribution is -2.40. The molecule has 0 fully saturated rings. The summed E-state index contributed by atoms with van der Waals surface area (Å²) in [4.78, 5) is 24.0. The Bertz CT molecular complexity index is 503. The Morgan fingerprint density at radius 3 is 2.50 bits per heavy atom. The van der Waals surface area contributed by atoms with Crippen molar-refractivity contribution in [1.82, 2.24) is 5.32 Å². The number of anilines is 1. The van der Waals surface area contributed by atoms with Gasteiger partial charge in [-0.25, -0.2) is 9.18 Å². The molecular formula is C14H19FN2O3. The van der Waals surface area contributed by atoms with Gasteiger partial charge in [0.25, 0.3) is 0 Å². The van der Waals surface area contributed by atoms with Crippen molar-refractivity contribution in [2.45, 2.75) is 26.8 Å². The first-order valence-corrected chi connectivity index (χ1v) is 6.42. The molecule has 1 aromatic rings. The Balaban J connectivity index is 2.90. The number of hydrogen-bond donors (Lipinski definition) is 2. The minimum atomic E-state index is -1.18. The molecule has 0 aliphatic carbocycles. The summed E-state index contributed by atoms with van der Waals surface area (Å²) in [5.74, 6) is -2.04. The van der Waals surface area contributed by atoms with E-state index >= 15 is 0 Å². The summed E-state index contributed by atoms with van der Waals surface area (Å²) in [6.45, 7) is 5.95. The molecule has 0 saturated carbocycles. The quantitative estimate of drug-likeness (QED) is 0.835. The molecule has 0 saturated heterocycles. The molecular weight excluding hydrogens is 263 g/mol. The van der Waals surface area contributed by atoms with E-state index in [0.29, 0.717) is 6.54 Å². The van der Waals surface area contributed by atoms with E-state index < -0.39 is 11.8 Å². The molecule has 0 aliphatic rings. The third-order valence-electron chi connectivity index (χ3n) is 2.70. The molecule has 1 aromatic carbocycles. The van der Waals surface area contributed by atoms with Gasteiger partial charge in [-0.15, -0.1) is 0 Å². The molecule has 0 atom stereocenters. The Morgan fingerprint density at radius 1 is 1.40 bits per heavy atom. The Kier molecular flexibility index (Phi) is 5.49. The number of carboxylic acids is 1. The van der Waals surface area contributed by atoms with E-state index in [-0.39, 0.29) is 29.7 Å². The van der Waals surface area contributed by atoms with Crippen LogP contribution in [-0.2, 0) is 4.79 Å². The number of carbonyl (C=O) groups excluding carboxylic acids is 1. The van der Waals surface area contributed by atoms with Gasteiger partial charge in [-0.3, -0.25) is 4.79 Å². The second-order valence-corrected chi connectivity index (χ2v) is 4.71. The molecule has 110 valence electrons. The Hall–Kier alpha value is -2.11. The van der Waals surface area contributed by atoms with Gasteiger partial charge in [-0.2, -0.15) is 0 Å². The lowest BCUT2D eigenvalue weighted by Gasteiger charge is -2.23. The van der Waals surface area contributed by atoms with Gasteiger partial charge >= 0.3 is 5.97 Å². The average molecular weight is 282 g/mol. The van der Waals surface area contributed by atoms with Gasteiger partial charge in [0.15, 0.2) is 0 Å². The molecule has 20 heavy (non-hydrogen) atoms. The topological polar surface area (TPSA) is 69.6 Å². The summed E-state index contributed by atoms with van der Waals surface area (Å²) in [6.07, 6.45) is 0. The van der Waals surface area contributed by atoms with Crippen molar-refractivity contribution in [3.63, 3.8) is 0 Å². The number of carbonyl (C=O) groups is 2. The molecule has 0 heterocycles. The van der Waals surface area contributed by atoms with Gasteiger partial charge in [0.1, 0.15) is 5.82 Å². The summed E-state index contributed by atoms with van der Waals surface area (Å²) >= 11 is 0. The van der Waals surface area contributed by atoms with Crippen LogP contribution < -0.4 is 10.2 Å². The largest absolute Gasteiger partial charge is 0.478 e. The smallest absolute Gasteiger partial charge is 0.335 e. The van der Waals surface area contributed by atoms with Crippen LogP contribution in [0.2, 0.25) is 0 Å². The molecule has 0 aliphatic heterocycles. The van der Waals surface area contributed by atoms with E-state index in [1.54, 1.807) is 11.8 Å². The number of rotatable bonds is 6. The monoisotopic (exact) mass is 282 g/mol. The van der Waals surface area contributed by atoms with E-state index in [1.165, 1.54) is 12.1 Å². The molecule has 2 N–H and O–H groups in total. The third-order valence-corrected chi connectivity index (χ3v) is 2.70. The summed E-state index contributed by atoms with van der Waals surface area (Å²) in [7, 11) is 0. The molecule has 5 nitrogen and oxygen atoms in total. The minimum absolute atomic E-state index is 0.0143. The SMILES string of the molecule is CCN(CC(=O)NC(C)C)c1ccc(C(=O)O)cc1F. The van der Waals surface area contributed by atoms with Crippen LogP contribution >= 0.6 is 0 Å². The molecule has 0 aromatic heterocycles. The highest BCUT2D eigenvalue weighted by Crippen LogP contribution is 2.20. The lowest BCUT2D eigenvalue weighted by atomic mass is 10.2. The average Bonchev–Trinajstić information content (AvgIpc) is 2.35. The highest BCUT2D eigenvalue weighted by atomic mass is 19.1. The number of benzene rings is 1. The fourth-order valence-electron chi connectivity index (χ4n) is 1.80. The van der Waals surface area contributed by atoms with Crippen LogP contribution in [0.5, 0.6) is 0 Å². The van der Waals surface area contributed by atoms with E-state index in [2.05, 4.69) is 5.32 Å². The second-order valence-electron chi connectivity index (χ2n) is 4.71. The molecule has 1 rings (SSSR count). The van der Waals surface area contributed by atoms with E-state index in [9.17, 15) is 14.0 Å². The summed E-state index contributed by atoms with van der Waals surface area (Å²) in [6, 6.07) is 3.68. The molecule has 6 heteroatoms. The van der Waals surface area contributed by atoms with Crippen LogP contribution in [0.4, 0.5) is 10.1 Å². The van der Waals surface area contributed by atoms with Crippen LogP contribution in [0.15, 0.2) is 18.2 Å². The second kappa shape index (κ2) is 6.88. The van der Waals surface area contributed by atoms with Crippen LogP contribution in [0, 0.1) is 5.82 Å². The number of hydrogen-bond acceptors (Lipinski definition) is 3. The van der Waals surface area contributed by atoms with Crippen LogP contribution in [0.3, 0.4) is 0 Å². The van der Waals surface area contributed by atoms with Crippen molar-refractivity contribution in [2.75, 3.05) is 18.0 Å². The fraction of sp³-hybridized carbons (Fsp3) is 0.429. The zero-order chi connectivity index (χ0) is 15.3. The maximum atomic E-state index is 13.9. The van der Waals surface area contributed by atoms with Gasteiger partial charge in [-0.05, 0) is 39.0 Å². The van der Waals surface area contributed by atoms with Gasteiger partial charge < -0.3 is 15.3 Å². The van der Waals surface area contributed by atoms with Crippen molar-refractivity contribution < 1.29 is 19.1 Å². The third kappa shape index (κ3) is 4.22. The normalized spacial score (nSPS) is 10.4. The summed E-state index contributed by atoms with van der Waals surface area (Å²) in [5, 5.41) is 11.5. The standard InChI is InChI=1S/C14H19FN2O3/c1-4-17(8-13(18)16-9(2)3)12-6-5-10(14(19)20)7-11(12)15/h5-7,9H,4,8H2,1-3H3,(H,16,18)(H,19,20). The highest BCUT2D eigenvalue weighted by molar-refractivity contribution is 5.88. The van der Waals surface area contributed by atoms with Crippen molar-refractivity contribution in [2.24, 2.45) is 0 Å². The zero-order valence-corrected chi connectivity index (χ0v) is 11.8. The zero-order valence-electron chi connectivity index (χ0n) is 11.8. The maximum absolute atomic E-state index is 13.9. The first-order chi connectivity index (χ1) is 9.35. The van der Waals surface area contributed by atoms with E-state index in [4.69, 9.17) is 5.11 Å². The number of nitrogens with zero attached hydrogens (tertiary/aromatic N) is 1. The van der Waals surface area contributed by atoms with E-state index in [1.807, 2.05) is 13.8 Å². The Morgan fingerprint density at radius 2 is 2.05 bits per heavy atom. The molecule has 0 spiro atoms. The number of amides is 1. The van der Waals surface area contributed by atoms with E-state index in [0.717, 1.165) is 6.07 Å². The fourth-order valence-corrected chi connectivity index (χ4v) is 1.80. The van der Waals surface area contributed by atoms with Gasteiger partial charge in [0, 0.05) is 12.6 Å². The molecule has 0 radical (unpaired) electrons. The first kappa shape index (κ1) is 15.9. The molecule has 0 bridgehead atoms. The van der Waals surface area contributed by atoms with Crippen molar-refractivity contribution in [3.05, 3.63) is 29.6 Å². The van der Waals surface area contributed by atoms with Crippen molar-refractivity contribution in [3.8, 4) is 0 Å². The maximum Gasteiger partial charge on any atom is 0.335 e. The number of nitrogens with one attached hydrogen (secondary N) is 1. The number of likely N-dealkylation sites (N-methyl/N-ethyl adjacent to an activating group) is 1. The predicted molar refractivity (Wildman–Crippen MR) is 74.5 cm³/mol. The summed E-state index contributed by atoms with van der Waals surface area (Å²) in [5.41, 5.74) is 0.102. The van der Waals surface area contributed by atoms with Gasteiger partial charge in [0.2, 0.25) is 5.91 Å². The van der Waals surface area contributed by atoms with Gasteiger partial charge in [-0.1, -0.05) is 0 Å². The van der Waals surface area contributed by atoms with Crippen LogP contribution in [-0.4, -0.2) is 36.1 Å². The van der Waals surface area contributed by atoms with Crippen LogP contribution in [0.25, 0.3) is 0 Å². The Labute approximate surface area is 117 Å². The van der Waals surface area contributed by atoms with Crippen molar-refractivity contribution >= 4 is 17.6 Å². The number of carboxylic acid groups (broad SMARTS) is 1. The predicted octanol–water partition coefficient (Wildman–Crippen LogP) is 1.87. The molecule has 1 amide bonds. The first-order valence-electron chi connectivity index (χ1n) is 6.42. The number of aromatic carboxylic acids is 1. The van der Waals surface area contributed by atoms with Gasteiger partial charge in [0.05, 0.1) is 17.8 Å². The lowest BCUT2D eigenvalue weighted by molar-refractivity contribution is -0.120. The highest BCUT2D eigenvalue weighted by Gasteiger charge is 2.16. The number of halogens is 1. The van der Waals surface area contributed by atoms with Crippen molar-refractivity contribution in [1.29, 1.82) is 0 Å². The molecule has 0 unspecified atom stereocenters. The van der Waals surface area contributed by atoms with Crippen LogP contribution in [0.1, 0.15) is 31.1 Å². The summed E-state index contributed by atoms with van der Waals surface area (Å²) < 4.78 is 13.9. The minimum Gasteiger partial charge on any atom is -0.478 e.